The molecule has 4 N–H and O–H groups in total. The van der Waals surface area contributed by atoms with E-state index in [9.17, 15) is 9.59 Å². The number of carboxylic acid groups (broad SMARTS) is 1. The first-order chi connectivity index (χ1) is 8.32. The fourth-order valence-corrected chi connectivity index (χ4v) is 2.13. The average molecular weight is 271 g/mol. The lowest BCUT2D eigenvalue weighted by Crippen LogP contribution is -2.38. The summed E-state index contributed by atoms with van der Waals surface area (Å²) < 4.78 is 0. The second-order valence-electron chi connectivity index (χ2n) is 4.19. The molecule has 0 aliphatic heterocycles. The molecule has 2 unspecified atom stereocenters. The van der Waals surface area contributed by atoms with E-state index in [1.807, 2.05) is 0 Å². The van der Waals surface area contributed by atoms with E-state index in [4.69, 9.17) is 10.8 Å². The molecule has 6 nitrogen and oxygen atoms in total. The number of rotatable bonds is 5. The van der Waals surface area contributed by atoms with Crippen LogP contribution in [0.5, 0.6) is 0 Å². The maximum absolute atomic E-state index is 11.7. The number of hydrogen-bond donors (Lipinski definition) is 3. The Labute approximate surface area is 109 Å². The third kappa shape index (κ3) is 3.51. The van der Waals surface area contributed by atoms with Crippen molar-refractivity contribution in [2.75, 3.05) is 0 Å². The van der Waals surface area contributed by atoms with Gasteiger partial charge in [0.25, 0.3) is 0 Å². The lowest BCUT2D eigenvalue weighted by Gasteiger charge is -2.14. The van der Waals surface area contributed by atoms with Gasteiger partial charge in [-0.2, -0.15) is 0 Å². The summed E-state index contributed by atoms with van der Waals surface area (Å²) in [5.74, 6) is -1.44. The summed E-state index contributed by atoms with van der Waals surface area (Å²) in [7, 11) is 0. The van der Waals surface area contributed by atoms with Gasteiger partial charge in [0.05, 0.1) is 12.2 Å². The predicted octanol–water partition coefficient (Wildman–Crippen LogP) is 0.749. The largest absolute Gasteiger partial charge is 0.477 e. The van der Waals surface area contributed by atoms with Crippen LogP contribution in [-0.4, -0.2) is 28.0 Å². The predicted molar refractivity (Wildman–Crippen MR) is 68.5 cm³/mol. The zero-order valence-electron chi connectivity index (χ0n) is 10.6. The summed E-state index contributed by atoms with van der Waals surface area (Å²) in [6, 6.07) is -0.224. The summed E-state index contributed by atoms with van der Waals surface area (Å²) in [6.07, 6.45) is 0. The summed E-state index contributed by atoms with van der Waals surface area (Å²) in [6.45, 7) is 5.38. The van der Waals surface area contributed by atoms with Crippen LogP contribution in [0.1, 0.15) is 34.2 Å². The van der Waals surface area contributed by atoms with Crippen molar-refractivity contribution in [1.82, 2.24) is 10.3 Å². The second-order valence-corrected chi connectivity index (χ2v) is 5.28. The van der Waals surface area contributed by atoms with Gasteiger partial charge in [-0.05, 0) is 13.8 Å². The van der Waals surface area contributed by atoms with Crippen molar-refractivity contribution in [3.05, 3.63) is 15.6 Å². The molecule has 0 aliphatic carbocycles. The molecule has 0 radical (unpaired) electrons. The fourth-order valence-electron chi connectivity index (χ4n) is 1.29. The van der Waals surface area contributed by atoms with Crippen LogP contribution in [0.4, 0.5) is 0 Å². The zero-order chi connectivity index (χ0) is 13.9. The smallest absolute Gasteiger partial charge is 0.347 e. The minimum atomic E-state index is -0.994. The molecule has 1 rings (SSSR count). The second kappa shape index (κ2) is 5.92. The zero-order valence-corrected chi connectivity index (χ0v) is 11.4. The van der Waals surface area contributed by atoms with Gasteiger partial charge in [-0.15, -0.1) is 11.3 Å². The van der Waals surface area contributed by atoms with E-state index < -0.39 is 5.97 Å². The molecule has 1 heterocycles. The molecule has 18 heavy (non-hydrogen) atoms. The third-order valence-electron chi connectivity index (χ3n) is 2.65. The molecule has 1 amide bonds. The molecular formula is C11H17N3O3S. The topological polar surface area (TPSA) is 105 Å². The molecule has 0 bridgehead atoms. The van der Waals surface area contributed by atoms with Crippen LogP contribution < -0.4 is 11.1 Å². The van der Waals surface area contributed by atoms with Gasteiger partial charge in [-0.25, -0.2) is 9.78 Å². The number of aryl methyl sites for hydroxylation is 1. The highest BCUT2D eigenvalue weighted by molar-refractivity contribution is 7.13. The van der Waals surface area contributed by atoms with Crippen molar-refractivity contribution in [2.24, 2.45) is 11.7 Å². The number of thiazole rings is 1. The molecule has 100 valence electrons. The average Bonchev–Trinajstić information content (AvgIpc) is 2.66. The van der Waals surface area contributed by atoms with Crippen LogP contribution in [0.2, 0.25) is 0 Å². The van der Waals surface area contributed by atoms with Gasteiger partial charge in [0, 0.05) is 12.0 Å². The molecule has 2 atom stereocenters. The molecular weight excluding hydrogens is 254 g/mol. The normalized spacial score (nSPS) is 14.0. The Hall–Kier alpha value is -1.47. The first kappa shape index (κ1) is 14.6. The number of aromatic nitrogens is 1. The maximum Gasteiger partial charge on any atom is 0.347 e. The Bertz CT molecular complexity index is 456. The minimum Gasteiger partial charge on any atom is -0.477 e. The number of carboxylic acids is 1. The fraction of sp³-hybridized carbons (Fsp3) is 0.545. The summed E-state index contributed by atoms with van der Waals surface area (Å²) in [4.78, 5) is 26.8. The standard InChI is InChI=1S/C11H17N3O3S/c1-5(6(2)12)10(15)13-4-8-14-7(3)9(18-8)11(16)17/h5-6H,4,12H2,1-3H3,(H,13,15)(H,16,17). The van der Waals surface area contributed by atoms with Crippen LogP contribution in [0, 0.1) is 12.8 Å². The number of nitrogens with zero attached hydrogens (tertiary/aromatic N) is 1. The van der Waals surface area contributed by atoms with Gasteiger partial charge in [-0.3, -0.25) is 4.79 Å². The summed E-state index contributed by atoms with van der Waals surface area (Å²) >= 11 is 1.07. The highest BCUT2D eigenvalue weighted by Gasteiger charge is 2.18. The Morgan fingerprint density at radius 1 is 1.50 bits per heavy atom. The van der Waals surface area contributed by atoms with Crippen molar-refractivity contribution in [3.63, 3.8) is 0 Å². The Balaban J connectivity index is 2.62. The van der Waals surface area contributed by atoms with E-state index >= 15 is 0 Å². The Kier molecular flexibility index (Phi) is 4.80. The van der Waals surface area contributed by atoms with Crippen LogP contribution in [-0.2, 0) is 11.3 Å². The van der Waals surface area contributed by atoms with Crippen molar-refractivity contribution < 1.29 is 14.7 Å². The minimum absolute atomic E-state index is 0.158. The molecule has 0 fully saturated rings. The number of nitrogens with two attached hydrogens (primary N) is 1. The molecule has 0 aromatic carbocycles. The van der Waals surface area contributed by atoms with E-state index in [1.54, 1.807) is 20.8 Å². The molecule has 0 spiro atoms. The van der Waals surface area contributed by atoms with Crippen molar-refractivity contribution in [2.45, 2.75) is 33.4 Å². The molecule has 1 aromatic heterocycles. The number of carbonyl (C=O) groups is 2. The molecule has 0 saturated heterocycles. The number of nitrogens with one attached hydrogen (secondary N) is 1. The van der Waals surface area contributed by atoms with Gasteiger partial charge in [0.2, 0.25) is 5.91 Å². The van der Waals surface area contributed by atoms with Crippen molar-refractivity contribution >= 4 is 23.2 Å². The molecule has 7 heteroatoms. The van der Waals surface area contributed by atoms with E-state index in [-0.39, 0.29) is 29.3 Å². The van der Waals surface area contributed by atoms with Gasteiger partial charge < -0.3 is 16.2 Å². The van der Waals surface area contributed by atoms with Crippen LogP contribution in [0.3, 0.4) is 0 Å². The monoisotopic (exact) mass is 271 g/mol. The Morgan fingerprint density at radius 2 is 2.11 bits per heavy atom. The lowest BCUT2D eigenvalue weighted by molar-refractivity contribution is -0.125. The molecule has 0 aliphatic rings. The van der Waals surface area contributed by atoms with Gasteiger partial charge in [0.15, 0.2) is 0 Å². The van der Waals surface area contributed by atoms with Crippen LogP contribution >= 0.6 is 11.3 Å². The van der Waals surface area contributed by atoms with Crippen molar-refractivity contribution in [3.8, 4) is 0 Å². The van der Waals surface area contributed by atoms with Crippen LogP contribution in [0.15, 0.2) is 0 Å². The first-order valence-electron chi connectivity index (χ1n) is 5.55. The quantitative estimate of drug-likeness (QED) is 0.733. The van der Waals surface area contributed by atoms with Gasteiger partial charge >= 0.3 is 5.97 Å². The summed E-state index contributed by atoms with van der Waals surface area (Å²) in [5.41, 5.74) is 6.09. The van der Waals surface area contributed by atoms with E-state index in [1.165, 1.54) is 0 Å². The van der Waals surface area contributed by atoms with E-state index in [0.717, 1.165) is 11.3 Å². The highest BCUT2D eigenvalue weighted by atomic mass is 32.1. The van der Waals surface area contributed by atoms with E-state index in [0.29, 0.717) is 10.7 Å². The molecule has 0 saturated carbocycles. The number of carbonyl (C=O) groups excluding carboxylic acids is 1. The van der Waals surface area contributed by atoms with Crippen molar-refractivity contribution in [1.29, 1.82) is 0 Å². The number of aromatic carboxylic acids is 1. The van der Waals surface area contributed by atoms with Gasteiger partial charge in [0.1, 0.15) is 9.88 Å². The molecule has 1 aromatic rings. The Morgan fingerprint density at radius 3 is 2.56 bits per heavy atom. The van der Waals surface area contributed by atoms with Crippen LogP contribution in [0.25, 0.3) is 0 Å². The summed E-state index contributed by atoms with van der Waals surface area (Å²) in [5, 5.41) is 12.2. The first-order valence-corrected chi connectivity index (χ1v) is 6.37. The highest BCUT2D eigenvalue weighted by Crippen LogP contribution is 2.17. The third-order valence-corrected chi connectivity index (χ3v) is 3.80. The number of hydrogen-bond acceptors (Lipinski definition) is 5. The number of amides is 1. The van der Waals surface area contributed by atoms with Gasteiger partial charge in [-0.1, -0.05) is 6.92 Å². The van der Waals surface area contributed by atoms with E-state index in [2.05, 4.69) is 10.3 Å². The lowest BCUT2D eigenvalue weighted by atomic mass is 10.0. The SMILES string of the molecule is Cc1nc(CNC(=O)C(C)C(C)N)sc1C(=O)O. The maximum atomic E-state index is 11.7.